The molecule has 4 heteroatoms. The van der Waals surface area contributed by atoms with Crippen molar-refractivity contribution in [3.05, 3.63) is 0 Å². The highest BCUT2D eigenvalue weighted by Crippen LogP contribution is 2.17. The molecule has 1 aliphatic heterocycles. The van der Waals surface area contributed by atoms with E-state index in [1.54, 1.807) is 6.07 Å². The molecule has 0 aromatic carbocycles. The summed E-state index contributed by atoms with van der Waals surface area (Å²) in [6.45, 7) is 2.56. The largest absolute Gasteiger partial charge is 0.373 e. The Kier molecular flexibility index (Phi) is 3.71. The van der Waals surface area contributed by atoms with Crippen LogP contribution in [0.1, 0.15) is 26.2 Å². The van der Waals surface area contributed by atoms with Crippen molar-refractivity contribution in [2.75, 3.05) is 6.54 Å². The van der Waals surface area contributed by atoms with Crippen LogP contribution in [-0.2, 0) is 9.53 Å². The molecular formula is C9H14N2O2. The number of carbonyl (C=O) groups excluding carboxylic acids is 1. The van der Waals surface area contributed by atoms with E-state index in [-0.39, 0.29) is 18.4 Å². The monoisotopic (exact) mass is 182 g/mol. The number of nitriles is 1. The maximum Gasteiger partial charge on any atom is 0.234 e. The highest BCUT2D eigenvalue weighted by atomic mass is 16.5. The Balaban J connectivity index is 2.13. The van der Waals surface area contributed by atoms with Gasteiger partial charge < -0.3 is 10.1 Å². The lowest BCUT2D eigenvalue weighted by Gasteiger charge is -2.10. The van der Waals surface area contributed by atoms with E-state index < -0.39 is 0 Å². The number of hydrogen-bond donors (Lipinski definition) is 1. The second-order valence-corrected chi connectivity index (χ2v) is 3.29. The van der Waals surface area contributed by atoms with Crippen molar-refractivity contribution in [3.63, 3.8) is 0 Å². The SMILES string of the molecule is CC1CCC(CNC(=O)CC#N)O1. The number of amides is 1. The van der Waals surface area contributed by atoms with E-state index in [2.05, 4.69) is 5.32 Å². The Bertz CT molecular complexity index is 222. The number of carbonyl (C=O) groups is 1. The van der Waals surface area contributed by atoms with E-state index in [0.717, 1.165) is 12.8 Å². The molecule has 1 amide bonds. The predicted molar refractivity (Wildman–Crippen MR) is 46.8 cm³/mol. The lowest BCUT2D eigenvalue weighted by molar-refractivity contribution is -0.120. The van der Waals surface area contributed by atoms with Crippen LogP contribution in [0.25, 0.3) is 0 Å². The van der Waals surface area contributed by atoms with E-state index in [0.29, 0.717) is 12.6 Å². The van der Waals surface area contributed by atoms with E-state index in [1.165, 1.54) is 0 Å². The maximum atomic E-state index is 10.9. The summed E-state index contributed by atoms with van der Waals surface area (Å²) in [6, 6.07) is 1.80. The van der Waals surface area contributed by atoms with Crippen LogP contribution in [0.5, 0.6) is 0 Å². The van der Waals surface area contributed by atoms with Gasteiger partial charge in [-0.1, -0.05) is 0 Å². The van der Waals surface area contributed by atoms with Crippen LogP contribution >= 0.6 is 0 Å². The third-order valence-corrected chi connectivity index (χ3v) is 2.09. The van der Waals surface area contributed by atoms with Crippen molar-refractivity contribution in [1.82, 2.24) is 5.32 Å². The van der Waals surface area contributed by atoms with E-state index in [4.69, 9.17) is 10.00 Å². The first-order valence-electron chi connectivity index (χ1n) is 4.51. The van der Waals surface area contributed by atoms with Crippen LogP contribution < -0.4 is 5.32 Å². The fourth-order valence-electron chi connectivity index (χ4n) is 1.40. The first kappa shape index (κ1) is 10.0. The Morgan fingerprint density at radius 2 is 2.46 bits per heavy atom. The first-order chi connectivity index (χ1) is 6.22. The molecule has 2 unspecified atom stereocenters. The van der Waals surface area contributed by atoms with Crippen LogP contribution in [-0.4, -0.2) is 24.7 Å². The Morgan fingerprint density at radius 3 is 3.00 bits per heavy atom. The summed E-state index contributed by atoms with van der Waals surface area (Å²) < 4.78 is 5.49. The number of ether oxygens (including phenoxy) is 1. The van der Waals surface area contributed by atoms with Gasteiger partial charge in [-0.05, 0) is 19.8 Å². The minimum Gasteiger partial charge on any atom is -0.373 e. The predicted octanol–water partition coefficient (Wildman–Crippen LogP) is 0.584. The fraction of sp³-hybridized carbons (Fsp3) is 0.778. The Labute approximate surface area is 77.9 Å². The molecule has 1 rings (SSSR count). The van der Waals surface area contributed by atoms with Crippen molar-refractivity contribution in [1.29, 1.82) is 5.26 Å². The van der Waals surface area contributed by atoms with E-state index >= 15 is 0 Å². The van der Waals surface area contributed by atoms with Gasteiger partial charge in [-0.15, -0.1) is 0 Å². The van der Waals surface area contributed by atoms with Crippen LogP contribution in [0, 0.1) is 11.3 Å². The molecule has 72 valence electrons. The normalized spacial score (nSPS) is 26.8. The van der Waals surface area contributed by atoms with Gasteiger partial charge in [0.2, 0.25) is 5.91 Å². The van der Waals surface area contributed by atoms with E-state index in [9.17, 15) is 4.79 Å². The maximum absolute atomic E-state index is 10.9. The molecule has 1 N–H and O–H groups in total. The molecule has 0 aliphatic carbocycles. The number of nitrogens with one attached hydrogen (secondary N) is 1. The molecule has 13 heavy (non-hydrogen) atoms. The molecule has 0 saturated carbocycles. The van der Waals surface area contributed by atoms with Gasteiger partial charge in [0, 0.05) is 6.54 Å². The molecular weight excluding hydrogens is 168 g/mol. The summed E-state index contributed by atoms with van der Waals surface area (Å²) in [6.07, 6.45) is 2.42. The first-order valence-corrected chi connectivity index (χ1v) is 4.51. The average Bonchev–Trinajstić information content (AvgIpc) is 2.49. The highest BCUT2D eigenvalue weighted by molar-refractivity contribution is 5.77. The van der Waals surface area contributed by atoms with E-state index in [1.807, 2.05) is 6.92 Å². The van der Waals surface area contributed by atoms with Crippen molar-refractivity contribution < 1.29 is 9.53 Å². The van der Waals surface area contributed by atoms with Gasteiger partial charge in [-0.3, -0.25) is 4.79 Å². The van der Waals surface area contributed by atoms with Gasteiger partial charge >= 0.3 is 0 Å². The van der Waals surface area contributed by atoms with Gasteiger partial charge in [0.15, 0.2) is 0 Å². The van der Waals surface area contributed by atoms with Gasteiger partial charge in [0.25, 0.3) is 0 Å². The molecule has 0 bridgehead atoms. The molecule has 1 heterocycles. The van der Waals surface area contributed by atoms with Crippen molar-refractivity contribution in [2.24, 2.45) is 0 Å². The van der Waals surface area contributed by atoms with Gasteiger partial charge in [-0.2, -0.15) is 5.26 Å². The van der Waals surface area contributed by atoms with Gasteiger partial charge in [0.05, 0.1) is 18.3 Å². The van der Waals surface area contributed by atoms with Gasteiger partial charge in [-0.25, -0.2) is 0 Å². The van der Waals surface area contributed by atoms with Crippen LogP contribution in [0.15, 0.2) is 0 Å². The summed E-state index contributed by atoms with van der Waals surface area (Å²) >= 11 is 0. The molecule has 1 fully saturated rings. The number of rotatable bonds is 3. The summed E-state index contributed by atoms with van der Waals surface area (Å²) in [5.41, 5.74) is 0. The minimum atomic E-state index is -0.217. The molecule has 1 saturated heterocycles. The van der Waals surface area contributed by atoms with Crippen molar-refractivity contribution in [2.45, 2.75) is 38.4 Å². The average molecular weight is 182 g/mol. The molecule has 4 nitrogen and oxygen atoms in total. The zero-order valence-corrected chi connectivity index (χ0v) is 7.75. The standard InChI is InChI=1S/C9H14N2O2/c1-7-2-3-8(13-7)6-11-9(12)4-5-10/h7-8H,2-4,6H2,1H3,(H,11,12). The smallest absolute Gasteiger partial charge is 0.234 e. The zero-order valence-electron chi connectivity index (χ0n) is 7.75. The second-order valence-electron chi connectivity index (χ2n) is 3.29. The molecule has 0 aromatic heterocycles. The summed E-state index contributed by atoms with van der Waals surface area (Å²) in [5.74, 6) is -0.217. The lowest BCUT2D eigenvalue weighted by Crippen LogP contribution is -2.31. The lowest BCUT2D eigenvalue weighted by atomic mass is 10.2. The molecule has 2 atom stereocenters. The molecule has 1 aliphatic rings. The molecule has 0 radical (unpaired) electrons. The van der Waals surface area contributed by atoms with Crippen LogP contribution in [0.4, 0.5) is 0 Å². The van der Waals surface area contributed by atoms with Crippen LogP contribution in [0.3, 0.4) is 0 Å². The Morgan fingerprint density at radius 1 is 1.69 bits per heavy atom. The topological polar surface area (TPSA) is 62.1 Å². The minimum absolute atomic E-state index is 0.0672. The summed E-state index contributed by atoms with van der Waals surface area (Å²) in [5, 5.41) is 10.9. The van der Waals surface area contributed by atoms with Crippen molar-refractivity contribution in [3.8, 4) is 6.07 Å². The molecule has 0 spiro atoms. The fourth-order valence-corrected chi connectivity index (χ4v) is 1.40. The van der Waals surface area contributed by atoms with Crippen molar-refractivity contribution >= 4 is 5.91 Å². The quantitative estimate of drug-likeness (QED) is 0.694. The summed E-state index contributed by atoms with van der Waals surface area (Å²) in [7, 11) is 0. The zero-order chi connectivity index (χ0) is 9.68. The number of nitrogens with zero attached hydrogens (tertiary/aromatic N) is 1. The third kappa shape index (κ3) is 3.43. The Hall–Kier alpha value is -1.08. The highest BCUT2D eigenvalue weighted by Gasteiger charge is 2.21. The molecule has 0 aromatic rings. The van der Waals surface area contributed by atoms with Crippen LogP contribution in [0.2, 0.25) is 0 Å². The summed E-state index contributed by atoms with van der Waals surface area (Å²) in [4.78, 5) is 10.9. The van der Waals surface area contributed by atoms with Gasteiger partial charge in [0.1, 0.15) is 6.42 Å². The third-order valence-electron chi connectivity index (χ3n) is 2.09. The second kappa shape index (κ2) is 4.83. The number of hydrogen-bond acceptors (Lipinski definition) is 3.